The Labute approximate surface area is 127 Å². The van der Waals surface area contributed by atoms with Gasteiger partial charge in [0.2, 0.25) is 0 Å². The van der Waals surface area contributed by atoms with Crippen molar-refractivity contribution in [3.63, 3.8) is 0 Å². The predicted molar refractivity (Wildman–Crippen MR) is 79.5 cm³/mol. The Morgan fingerprint density at radius 1 is 1.50 bits per heavy atom. The highest BCUT2D eigenvalue weighted by Crippen LogP contribution is 2.28. The highest BCUT2D eigenvalue weighted by molar-refractivity contribution is 6.42. The molecule has 0 radical (unpaired) electrons. The number of ether oxygens (including phenoxy) is 1. The SMILES string of the molecule is CCC(=CC(=NO)C(N)=O)C(c1ccc(OC)cc1)[N+](=O)[O-]. The molecule has 0 spiro atoms. The standard InChI is InChI=1S/C14H17N3O5/c1-3-9(8-12(16-19)14(15)18)13(17(20)21)10-4-6-11(22-2)7-5-10/h4-8,13,19H,3H2,1-2H3,(H2,15,18). The highest BCUT2D eigenvalue weighted by atomic mass is 16.6. The molecule has 8 heteroatoms. The van der Waals surface area contributed by atoms with E-state index in [1.54, 1.807) is 31.2 Å². The summed E-state index contributed by atoms with van der Waals surface area (Å²) in [6.07, 6.45) is 1.42. The fourth-order valence-electron chi connectivity index (χ4n) is 1.96. The zero-order chi connectivity index (χ0) is 16.7. The normalized spacial score (nSPS) is 13.5. The molecule has 1 aromatic carbocycles. The van der Waals surface area contributed by atoms with Crippen LogP contribution in [-0.2, 0) is 4.79 Å². The van der Waals surface area contributed by atoms with Gasteiger partial charge in [-0.25, -0.2) is 0 Å². The van der Waals surface area contributed by atoms with Crippen LogP contribution in [0.4, 0.5) is 0 Å². The van der Waals surface area contributed by atoms with Gasteiger partial charge in [0, 0.05) is 16.1 Å². The molecule has 0 fully saturated rings. The summed E-state index contributed by atoms with van der Waals surface area (Å²) in [6.45, 7) is 1.70. The van der Waals surface area contributed by atoms with Gasteiger partial charge in [0.05, 0.1) is 7.11 Å². The summed E-state index contributed by atoms with van der Waals surface area (Å²) in [6, 6.07) is 5.17. The molecule has 0 saturated heterocycles. The maximum absolute atomic E-state index is 11.4. The predicted octanol–water partition coefficient (Wildman–Crippen LogP) is 1.66. The minimum Gasteiger partial charge on any atom is -0.497 e. The number of carbonyl (C=O) groups excluding carboxylic acids is 1. The molecule has 118 valence electrons. The van der Waals surface area contributed by atoms with Crippen LogP contribution in [0.3, 0.4) is 0 Å². The number of nitro groups is 1. The van der Waals surface area contributed by atoms with E-state index in [-0.39, 0.29) is 6.42 Å². The number of amides is 1. The second kappa shape index (κ2) is 7.77. The van der Waals surface area contributed by atoms with Crippen LogP contribution >= 0.6 is 0 Å². The number of nitrogens with zero attached hydrogens (tertiary/aromatic N) is 2. The van der Waals surface area contributed by atoms with E-state index in [1.165, 1.54) is 7.11 Å². The van der Waals surface area contributed by atoms with Crippen LogP contribution in [0.1, 0.15) is 24.9 Å². The lowest BCUT2D eigenvalue weighted by Gasteiger charge is -2.13. The van der Waals surface area contributed by atoms with Gasteiger partial charge in [0.25, 0.3) is 11.9 Å². The van der Waals surface area contributed by atoms with E-state index in [2.05, 4.69) is 5.16 Å². The molecule has 1 rings (SSSR count). The molecule has 0 saturated carbocycles. The van der Waals surface area contributed by atoms with Gasteiger partial charge in [-0.2, -0.15) is 0 Å². The summed E-state index contributed by atoms with van der Waals surface area (Å²) >= 11 is 0. The lowest BCUT2D eigenvalue weighted by Crippen LogP contribution is -2.23. The molecule has 8 nitrogen and oxygen atoms in total. The molecular formula is C14H17N3O5. The number of hydrogen-bond donors (Lipinski definition) is 2. The van der Waals surface area contributed by atoms with E-state index in [0.717, 1.165) is 6.08 Å². The minimum absolute atomic E-state index is 0.282. The Balaban J connectivity index is 3.29. The van der Waals surface area contributed by atoms with Crippen molar-refractivity contribution in [3.05, 3.63) is 51.6 Å². The monoisotopic (exact) mass is 307 g/mol. The topological polar surface area (TPSA) is 128 Å². The Morgan fingerprint density at radius 2 is 2.09 bits per heavy atom. The lowest BCUT2D eigenvalue weighted by atomic mass is 9.96. The van der Waals surface area contributed by atoms with Gasteiger partial charge in [-0.3, -0.25) is 14.9 Å². The average molecular weight is 307 g/mol. The summed E-state index contributed by atoms with van der Waals surface area (Å²) in [5.74, 6) is -0.395. The summed E-state index contributed by atoms with van der Waals surface area (Å²) in [4.78, 5) is 22.0. The molecule has 0 aromatic heterocycles. The van der Waals surface area contributed by atoms with Crippen molar-refractivity contribution in [2.24, 2.45) is 10.9 Å². The minimum atomic E-state index is -1.17. The Morgan fingerprint density at radius 3 is 2.45 bits per heavy atom. The highest BCUT2D eigenvalue weighted by Gasteiger charge is 2.27. The fraction of sp³-hybridized carbons (Fsp3) is 0.286. The Hall–Kier alpha value is -2.90. The first kappa shape index (κ1) is 17.2. The first-order valence-electron chi connectivity index (χ1n) is 6.44. The van der Waals surface area contributed by atoms with Gasteiger partial charge in [0.1, 0.15) is 5.75 Å². The van der Waals surface area contributed by atoms with Crippen LogP contribution in [-0.4, -0.2) is 28.9 Å². The van der Waals surface area contributed by atoms with E-state index in [1.807, 2.05) is 0 Å². The Bertz CT molecular complexity index is 607. The number of primary amides is 1. The van der Waals surface area contributed by atoms with E-state index in [4.69, 9.17) is 15.7 Å². The summed E-state index contributed by atoms with van der Waals surface area (Å²) in [7, 11) is 1.49. The second-order valence-corrected chi connectivity index (χ2v) is 4.38. The maximum Gasteiger partial charge on any atom is 0.270 e. The van der Waals surface area contributed by atoms with E-state index < -0.39 is 22.6 Å². The van der Waals surface area contributed by atoms with E-state index >= 15 is 0 Å². The number of carbonyl (C=O) groups is 1. The third-order valence-electron chi connectivity index (χ3n) is 3.08. The number of rotatable bonds is 7. The molecule has 0 heterocycles. The lowest BCUT2D eigenvalue weighted by molar-refractivity contribution is -0.518. The van der Waals surface area contributed by atoms with Gasteiger partial charge in [-0.15, -0.1) is 0 Å². The first-order chi connectivity index (χ1) is 10.4. The van der Waals surface area contributed by atoms with Crippen LogP contribution in [0.2, 0.25) is 0 Å². The van der Waals surface area contributed by atoms with Crippen molar-refractivity contribution in [1.29, 1.82) is 0 Å². The number of benzene rings is 1. The van der Waals surface area contributed by atoms with E-state index in [9.17, 15) is 14.9 Å². The third-order valence-corrected chi connectivity index (χ3v) is 3.08. The zero-order valence-corrected chi connectivity index (χ0v) is 12.2. The Kier molecular flexibility index (Phi) is 6.06. The summed E-state index contributed by atoms with van der Waals surface area (Å²) < 4.78 is 5.01. The summed E-state index contributed by atoms with van der Waals surface area (Å²) in [5, 5.41) is 22.9. The smallest absolute Gasteiger partial charge is 0.270 e. The van der Waals surface area contributed by atoms with Crippen molar-refractivity contribution in [2.75, 3.05) is 7.11 Å². The molecule has 22 heavy (non-hydrogen) atoms. The van der Waals surface area contributed by atoms with Crippen LogP contribution in [0.5, 0.6) is 5.75 Å². The fourth-order valence-corrected chi connectivity index (χ4v) is 1.96. The summed E-state index contributed by atoms with van der Waals surface area (Å²) in [5.41, 5.74) is 5.32. The van der Waals surface area contributed by atoms with Crippen molar-refractivity contribution in [2.45, 2.75) is 19.4 Å². The van der Waals surface area contributed by atoms with Gasteiger partial charge in [-0.1, -0.05) is 12.1 Å². The number of nitrogens with two attached hydrogens (primary N) is 1. The third kappa shape index (κ3) is 4.05. The molecule has 0 aliphatic rings. The first-order valence-corrected chi connectivity index (χ1v) is 6.44. The molecule has 1 unspecified atom stereocenters. The molecule has 0 aliphatic heterocycles. The van der Waals surface area contributed by atoms with Gasteiger partial charge in [0.15, 0.2) is 5.71 Å². The van der Waals surface area contributed by atoms with Gasteiger partial charge in [-0.05, 0) is 36.8 Å². The maximum atomic E-state index is 11.4. The molecule has 3 N–H and O–H groups in total. The van der Waals surface area contributed by atoms with Crippen molar-refractivity contribution in [3.8, 4) is 5.75 Å². The largest absolute Gasteiger partial charge is 0.497 e. The van der Waals surface area contributed by atoms with Gasteiger partial charge >= 0.3 is 0 Å². The number of oxime groups is 1. The van der Waals surface area contributed by atoms with Gasteiger partial charge < -0.3 is 15.7 Å². The van der Waals surface area contributed by atoms with Crippen molar-refractivity contribution < 1.29 is 19.7 Å². The van der Waals surface area contributed by atoms with E-state index in [0.29, 0.717) is 16.9 Å². The zero-order valence-electron chi connectivity index (χ0n) is 12.2. The number of hydrogen-bond acceptors (Lipinski definition) is 6. The molecule has 1 amide bonds. The second-order valence-electron chi connectivity index (χ2n) is 4.38. The molecule has 1 atom stereocenters. The quantitative estimate of drug-likeness (QED) is 0.342. The molecule has 0 bridgehead atoms. The van der Waals surface area contributed by atoms with Crippen molar-refractivity contribution in [1.82, 2.24) is 0 Å². The molecular weight excluding hydrogens is 290 g/mol. The van der Waals surface area contributed by atoms with Crippen LogP contribution in [0.15, 0.2) is 41.1 Å². The average Bonchev–Trinajstić information content (AvgIpc) is 2.50. The van der Waals surface area contributed by atoms with Crippen LogP contribution in [0.25, 0.3) is 0 Å². The van der Waals surface area contributed by atoms with Crippen LogP contribution < -0.4 is 10.5 Å². The number of methoxy groups -OCH3 is 1. The van der Waals surface area contributed by atoms with Crippen LogP contribution in [0, 0.1) is 10.1 Å². The molecule has 0 aliphatic carbocycles. The molecule has 1 aromatic rings. The van der Waals surface area contributed by atoms with Crippen molar-refractivity contribution >= 4 is 11.6 Å².